The highest BCUT2D eigenvalue weighted by molar-refractivity contribution is 9.10. The van der Waals surface area contributed by atoms with E-state index in [9.17, 15) is 4.39 Å². The molecule has 0 aliphatic heterocycles. The van der Waals surface area contributed by atoms with Gasteiger partial charge in [0.25, 0.3) is 0 Å². The fraction of sp³-hybridized carbons (Fsp3) is 0.154. The van der Waals surface area contributed by atoms with Crippen LogP contribution < -0.4 is 10.1 Å². The number of rotatable bonds is 4. The van der Waals surface area contributed by atoms with Crippen LogP contribution in [0.2, 0.25) is 0 Å². The highest BCUT2D eigenvalue weighted by atomic mass is 79.9. The van der Waals surface area contributed by atoms with Gasteiger partial charge in [-0.3, -0.25) is 4.98 Å². The Bertz CT molecular complexity index is 548. The van der Waals surface area contributed by atoms with Gasteiger partial charge in [-0.2, -0.15) is 0 Å². The molecule has 2 rings (SSSR count). The first-order chi connectivity index (χ1) is 8.69. The molecule has 1 aromatic heterocycles. The number of hydrogen-bond donors (Lipinski definition) is 1. The number of halogens is 2. The molecule has 1 heterocycles. The lowest BCUT2D eigenvalue weighted by Gasteiger charge is -2.08. The molecule has 0 saturated heterocycles. The third-order valence-corrected chi connectivity index (χ3v) is 2.76. The highest BCUT2D eigenvalue weighted by Gasteiger charge is 2.06. The average molecular weight is 311 g/mol. The summed E-state index contributed by atoms with van der Waals surface area (Å²) in [4.78, 5) is 4.17. The van der Waals surface area contributed by atoms with Crippen LogP contribution in [0.3, 0.4) is 0 Å². The Hall–Kier alpha value is -1.46. The number of pyridine rings is 1. The van der Waals surface area contributed by atoms with Gasteiger partial charge < -0.3 is 10.1 Å². The SMILES string of the molecule is CNCc1cc(Oc2cc(Br)ccc2F)ccn1. The van der Waals surface area contributed by atoms with Gasteiger partial charge in [0, 0.05) is 23.3 Å². The van der Waals surface area contributed by atoms with Crippen LogP contribution in [0.15, 0.2) is 41.0 Å². The number of hydrogen-bond acceptors (Lipinski definition) is 3. The van der Waals surface area contributed by atoms with Gasteiger partial charge >= 0.3 is 0 Å². The van der Waals surface area contributed by atoms with Crippen LogP contribution >= 0.6 is 15.9 Å². The Labute approximate surface area is 113 Å². The van der Waals surface area contributed by atoms with Crippen LogP contribution in [0.25, 0.3) is 0 Å². The van der Waals surface area contributed by atoms with Crippen LogP contribution in [-0.4, -0.2) is 12.0 Å². The third kappa shape index (κ3) is 3.27. The Balaban J connectivity index is 2.22. The van der Waals surface area contributed by atoms with Crippen molar-refractivity contribution in [2.45, 2.75) is 6.54 Å². The predicted molar refractivity (Wildman–Crippen MR) is 71.2 cm³/mol. The first-order valence-electron chi connectivity index (χ1n) is 5.41. The van der Waals surface area contributed by atoms with Crippen LogP contribution in [-0.2, 0) is 6.54 Å². The lowest BCUT2D eigenvalue weighted by molar-refractivity contribution is 0.440. The van der Waals surface area contributed by atoms with E-state index in [-0.39, 0.29) is 5.75 Å². The van der Waals surface area contributed by atoms with Crippen molar-refractivity contribution in [2.24, 2.45) is 0 Å². The smallest absolute Gasteiger partial charge is 0.165 e. The van der Waals surface area contributed by atoms with Gasteiger partial charge in [0.2, 0.25) is 0 Å². The molecule has 3 nitrogen and oxygen atoms in total. The van der Waals surface area contributed by atoms with E-state index < -0.39 is 5.82 Å². The molecular weight excluding hydrogens is 299 g/mol. The van der Waals surface area contributed by atoms with Crippen molar-refractivity contribution in [1.82, 2.24) is 10.3 Å². The Morgan fingerprint density at radius 2 is 2.17 bits per heavy atom. The van der Waals surface area contributed by atoms with E-state index in [0.717, 1.165) is 10.2 Å². The molecule has 0 atom stereocenters. The first kappa shape index (κ1) is 13.0. The minimum absolute atomic E-state index is 0.186. The Morgan fingerprint density at radius 1 is 1.33 bits per heavy atom. The minimum atomic E-state index is -0.398. The van der Waals surface area contributed by atoms with Crippen molar-refractivity contribution in [1.29, 1.82) is 0 Å². The summed E-state index contributed by atoms with van der Waals surface area (Å²) in [7, 11) is 1.84. The molecule has 94 valence electrons. The summed E-state index contributed by atoms with van der Waals surface area (Å²) in [6, 6.07) is 8.04. The molecule has 0 aliphatic rings. The number of nitrogens with one attached hydrogen (secondary N) is 1. The molecule has 0 bridgehead atoms. The van der Waals surface area contributed by atoms with Crippen LogP contribution in [0.5, 0.6) is 11.5 Å². The number of benzene rings is 1. The molecule has 0 saturated carbocycles. The second-order valence-corrected chi connectivity index (χ2v) is 4.61. The number of nitrogens with zero attached hydrogens (tertiary/aromatic N) is 1. The van der Waals surface area contributed by atoms with E-state index in [4.69, 9.17) is 4.74 Å². The monoisotopic (exact) mass is 310 g/mol. The fourth-order valence-electron chi connectivity index (χ4n) is 1.48. The van der Waals surface area contributed by atoms with Crippen molar-refractivity contribution in [3.63, 3.8) is 0 Å². The topological polar surface area (TPSA) is 34.1 Å². The molecule has 0 aliphatic carbocycles. The summed E-state index contributed by atoms with van der Waals surface area (Å²) >= 11 is 3.28. The molecule has 0 amide bonds. The van der Waals surface area contributed by atoms with Gasteiger partial charge in [0.15, 0.2) is 11.6 Å². The summed E-state index contributed by atoms with van der Waals surface area (Å²) in [5.74, 6) is 0.350. The van der Waals surface area contributed by atoms with Crippen molar-refractivity contribution in [3.05, 3.63) is 52.5 Å². The van der Waals surface area contributed by atoms with E-state index in [0.29, 0.717) is 12.3 Å². The lowest BCUT2D eigenvalue weighted by Crippen LogP contribution is -2.06. The largest absolute Gasteiger partial charge is 0.454 e. The number of aromatic nitrogens is 1. The standard InChI is InChI=1S/C13H12BrFN2O/c1-16-8-10-7-11(4-5-17-10)18-13-6-9(14)2-3-12(13)15/h2-7,16H,8H2,1H3. The van der Waals surface area contributed by atoms with Crippen molar-refractivity contribution in [3.8, 4) is 11.5 Å². The van der Waals surface area contributed by atoms with Crippen molar-refractivity contribution >= 4 is 15.9 Å². The zero-order chi connectivity index (χ0) is 13.0. The summed E-state index contributed by atoms with van der Waals surface area (Å²) in [6.07, 6.45) is 1.64. The zero-order valence-corrected chi connectivity index (χ0v) is 11.4. The number of ether oxygens (including phenoxy) is 1. The summed E-state index contributed by atoms with van der Waals surface area (Å²) in [5, 5.41) is 3.00. The molecule has 0 radical (unpaired) electrons. The second kappa shape index (κ2) is 5.93. The molecule has 1 N–H and O–H groups in total. The van der Waals surface area contributed by atoms with Crippen LogP contribution in [0.4, 0.5) is 4.39 Å². The predicted octanol–water partition coefficient (Wildman–Crippen LogP) is 3.49. The molecular formula is C13H12BrFN2O. The zero-order valence-electron chi connectivity index (χ0n) is 9.78. The van der Waals surface area contributed by atoms with E-state index in [1.165, 1.54) is 6.07 Å². The van der Waals surface area contributed by atoms with E-state index in [1.807, 2.05) is 7.05 Å². The van der Waals surface area contributed by atoms with Gasteiger partial charge in [-0.15, -0.1) is 0 Å². The Kier molecular flexibility index (Phi) is 4.28. The van der Waals surface area contributed by atoms with E-state index in [2.05, 4.69) is 26.2 Å². The first-order valence-corrected chi connectivity index (χ1v) is 6.21. The van der Waals surface area contributed by atoms with Gasteiger partial charge in [-0.1, -0.05) is 15.9 Å². The van der Waals surface area contributed by atoms with Gasteiger partial charge in [0.1, 0.15) is 5.75 Å². The summed E-state index contributed by atoms with van der Waals surface area (Å²) in [5.41, 5.74) is 0.838. The maximum Gasteiger partial charge on any atom is 0.165 e. The molecule has 0 fully saturated rings. The lowest BCUT2D eigenvalue weighted by atomic mass is 10.3. The van der Waals surface area contributed by atoms with Gasteiger partial charge in [-0.05, 0) is 31.3 Å². The minimum Gasteiger partial charge on any atom is -0.454 e. The summed E-state index contributed by atoms with van der Waals surface area (Å²) in [6.45, 7) is 0.637. The maximum atomic E-state index is 13.5. The maximum absolute atomic E-state index is 13.5. The molecule has 5 heteroatoms. The molecule has 0 unspecified atom stereocenters. The van der Waals surface area contributed by atoms with E-state index >= 15 is 0 Å². The van der Waals surface area contributed by atoms with Crippen LogP contribution in [0.1, 0.15) is 5.69 Å². The molecule has 2 aromatic rings. The molecule has 18 heavy (non-hydrogen) atoms. The van der Waals surface area contributed by atoms with Gasteiger partial charge in [-0.25, -0.2) is 4.39 Å². The second-order valence-electron chi connectivity index (χ2n) is 3.69. The van der Waals surface area contributed by atoms with Crippen molar-refractivity contribution in [2.75, 3.05) is 7.05 Å². The normalized spacial score (nSPS) is 10.4. The third-order valence-electron chi connectivity index (χ3n) is 2.27. The summed E-state index contributed by atoms with van der Waals surface area (Å²) < 4.78 is 19.8. The van der Waals surface area contributed by atoms with Crippen molar-refractivity contribution < 1.29 is 9.13 Å². The van der Waals surface area contributed by atoms with Gasteiger partial charge in [0.05, 0.1) is 5.69 Å². The average Bonchev–Trinajstić information content (AvgIpc) is 2.35. The quantitative estimate of drug-likeness (QED) is 0.938. The van der Waals surface area contributed by atoms with Crippen LogP contribution in [0, 0.1) is 5.82 Å². The Morgan fingerprint density at radius 3 is 2.94 bits per heavy atom. The van der Waals surface area contributed by atoms with E-state index in [1.54, 1.807) is 30.5 Å². The fourth-order valence-corrected chi connectivity index (χ4v) is 1.82. The highest BCUT2D eigenvalue weighted by Crippen LogP contribution is 2.27. The molecule has 0 spiro atoms. The molecule has 1 aromatic carbocycles.